The smallest absolute Gasteiger partial charge is 0.0547 e. The Morgan fingerprint density at radius 1 is 0.476 bits per heavy atom. The van der Waals surface area contributed by atoms with Gasteiger partial charge in [-0.2, -0.15) is 0 Å². The maximum atomic E-state index is 3.67. The number of hydrogen-bond acceptors (Lipinski definition) is 0. The van der Waals surface area contributed by atoms with E-state index in [-0.39, 0.29) is 5.41 Å². The molecule has 0 radical (unpaired) electrons. The van der Waals surface area contributed by atoms with Crippen LogP contribution in [0.1, 0.15) is 25.0 Å². The van der Waals surface area contributed by atoms with E-state index in [4.69, 9.17) is 0 Å². The molecule has 0 bridgehead atoms. The molecule has 6 aromatic carbocycles. The molecule has 8 rings (SSSR count). The van der Waals surface area contributed by atoms with Crippen molar-refractivity contribution in [2.45, 2.75) is 19.3 Å². The number of rotatable bonds is 3. The minimum Gasteiger partial charge on any atom is -0.309 e. The third kappa shape index (κ3) is 3.95. The normalized spacial score (nSPS) is 13.4. The summed E-state index contributed by atoms with van der Waals surface area (Å²) in [6.07, 6.45) is 0. The van der Waals surface area contributed by atoms with Crippen LogP contribution in [0.25, 0.3) is 60.9 Å². The van der Waals surface area contributed by atoms with E-state index >= 15 is 0 Å². The molecule has 3 heteroatoms. The number of para-hydroxylation sites is 2. The molecular weight excluding hydrogens is 642 g/mol. The molecule has 1 aromatic heterocycles. The van der Waals surface area contributed by atoms with Gasteiger partial charge in [0.1, 0.15) is 0 Å². The molecular formula is C39H27Br2N. The number of halogens is 2. The zero-order valence-electron chi connectivity index (χ0n) is 23.3. The second-order valence-corrected chi connectivity index (χ2v) is 13.6. The van der Waals surface area contributed by atoms with Crippen molar-refractivity contribution in [2.24, 2.45) is 0 Å². The second kappa shape index (κ2) is 9.55. The first-order valence-corrected chi connectivity index (χ1v) is 15.8. The van der Waals surface area contributed by atoms with Gasteiger partial charge >= 0.3 is 0 Å². The molecule has 0 saturated carbocycles. The Kier molecular flexibility index (Phi) is 5.86. The molecule has 202 valence electrons. The minimum absolute atomic E-state index is 0.0523. The minimum atomic E-state index is -0.0523. The molecule has 0 atom stereocenters. The summed E-state index contributed by atoms with van der Waals surface area (Å²) in [6, 6.07) is 46.8. The van der Waals surface area contributed by atoms with Crippen LogP contribution in [0.15, 0.2) is 136 Å². The fraction of sp³-hybridized carbons (Fsp3) is 0.0769. The van der Waals surface area contributed by atoms with Gasteiger partial charge in [0.05, 0.1) is 11.0 Å². The highest BCUT2D eigenvalue weighted by atomic mass is 79.9. The number of hydrogen-bond donors (Lipinski definition) is 0. The predicted octanol–water partition coefficient (Wildman–Crippen LogP) is 11.9. The SMILES string of the molecule is CC1(C)c2ccc(-c3cc(Br)cc(Br)c3)cc2-c2cc(-c3ccc4c5ccccc5n(-c5ccccc5)c4c3)ccc21. The molecule has 1 aliphatic rings. The van der Waals surface area contributed by atoms with Gasteiger partial charge in [0, 0.05) is 30.8 Å². The lowest BCUT2D eigenvalue weighted by Gasteiger charge is -2.21. The van der Waals surface area contributed by atoms with Crippen LogP contribution in [0.4, 0.5) is 0 Å². The molecule has 1 heterocycles. The highest BCUT2D eigenvalue weighted by molar-refractivity contribution is 9.11. The van der Waals surface area contributed by atoms with Crippen LogP contribution in [-0.4, -0.2) is 4.57 Å². The van der Waals surface area contributed by atoms with Gasteiger partial charge in [0.25, 0.3) is 0 Å². The summed E-state index contributed by atoms with van der Waals surface area (Å²) >= 11 is 7.34. The van der Waals surface area contributed by atoms with Crippen molar-refractivity contribution in [3.63, 3.8) is 0 Å². The highest BCUT2D eigenvalue weighted by Crippen LogP contribution is 2.51. The third-order valence-electron chi connectivity index (χ3n) is 8.89. The van der Waals surface area contributed by atoms with E-state index in [1.54, 1.807) is 0 Å². The topological polar surface area (TPSA) is 4.93 Å². The summed E-state index contributed by atoms with van der Waals surface area (Å²) in [6.45, 7) is 4.69. The van der Waals surface area contributed by atoms with Gasteiger partial charge < -0.3 is 4.57 Å². The number of benzene rings is 6. The van der Waals surface area contributed by atoms with Crippen LogP contribution in [-0.2, 0) is 5.41 Å². The van der Waals surface area contributed by atoms with Gasteiger partial charge in [-0.15, -0.1) is 0 Å². The first-order chi connectivity index (χ1) is 20.4. The van der Waals surface area contributed by atoms with Crippen LogP contribution in [0.3, 0.4) is 0 Å². The van der Waals surface area contributed by atoms with E-state index in [0.717, 1.165) is 8.95 Å². The standard InChI is InChI=1S/C39H27Br2N/c1-39(2)35-16-13-24(20-33(35)34-21-25(14-17-36(34)39)27-18-28(40)23-29(41)19-27)26-12-15-32-31-10-6-7-11-37(31)42(38(32)22-26)30-8-4-3-5-9-30/h3-23H,1-2H3. The van der Waals surface area contributed by atoms with Gasteiger partial charge in [0.15, 0.2) is 0 Å². The lowest BCUT2D eigenvalue weighted by molar-refractivity contribution is 0.660. The lowest BCUT2D eigenvalue weighted by Crippen LogP contribution is -2.14. The summed E-state index contributed by atoms with van der Waals surface area (Å²) in [5.41, 5.74) is 13.9. The quantitative estimate of drug-likeness (QED) is 0.177. The number of fused-ring (bicyclic) bond motifs is 6. The summed E-state index contributed by atoms with van der Waals surface area (Å²) in [7, 11) is 0. The predicted molar refractivity (Wildman–Crippen MR) is 185 cm³/mol. The van der Waals surface area contributed by atoms with Gasteiger partial charge in [-0.1, -0.05) is 119 Å². The van der Waals surface area contributed by atoms with E-state index in [1.807, 2.05) is 0 Å². The van der Waals surface area contributed by atoms with Crippen molar-refractivity contribution in [1.29, 1.82) is 0 Å². The first-order valence-electron chi connectivity index (χ1n) is 14.2. The monoisotopic (exact) mass is 667 g/mol. The van der Waals surface area contributed by atoms with Gasteiger partial charge in [0.2, 0.25) is 0 Å². The molecule has 1 nitrogen and oxygen atoms in total. The van der Waals surface area contributed by atoms with Crippen molar-refractivity contribution in [2.75, 3.05) is 0 Å². The molecule has 0 saturated heterocycles. The maximum Gasteiger partial charge on any atom is 0.0547 e. The van der Waals surface area contributed by atoms with E-state index in [1.165, 1.54) is 72.0 Å². The molecule has 0 spiro atoms. The fourth-order valence-electron chi connectivity index (χ4n) is 6.85. The Balaban J connectivity index is 1.31. The third-order valence-corrected chi connectivity index (χ3v) is 9.81. The Bertz CT molecular complexity index is 2170. The number of aromatic nitrogens is 1. The van der Waals surface area contributed by atoms with Crippen molar-refractivity contribution in [1.82, 2.24) is 4.57 Å². The van der Waals surface area contributed by atoms with Gasteiger partial charge in [-0.25, -0.2) is 0 Å². The van der Waals surface area contributed by atoms with E-state index in [2.05, 4.69) is 178 Å². The van der Waals surface area contributed by atoms with Crippen LogP contribution in [0.5, 0.6) is 0 Å². The summed E-state index contributed by atoms with van der Waals surface area (Å²) in [5, 5.41) is 2.55. The van der Waals surface area contributed by atoms with Crippen LogP contribution < -0.4 is 0 Å². The van der Waals surface area contributed by atoms with E-state index < -0.39 is 0 Å². The van der Waals surface area contributed by atoms with Crippen LogP contribution in [0.2, 0.25) is 0 Å². The van der Waals surface area contributed by atoms with Crippen LogP contribution in [0, 0.1) is 0 Å². The Morgan fingerprint density at radius 2 is 1.02 bits per heavy atom. The fourth-order valence-corrected chi connectivity index (χ4v) is 8.15. The molecule has 0 unspecified atom stereocenters. The Hall–Kier alpha value is -3.92. The molecule has 0 N–H and O–H groups in total. The summed E-state index contributed by atoms with van der Waals surface area (Å²) < 4.78 is 4.53. The summed E-state index contributed by atoms with van der Waals surface area (Å²) in [5.74, 6) is 0. The lowest BCUT2D eigenvalue weighted by atomic mass is 9.82. The van der Waals surface area contributed by atoms with Gasteiger partial charge in [-0.05, 0) is 99.1 Å². The zero-order chi connectivity index (χ0) is 28.6. The maximum absolute atomic E-state index is 3.67. The van der Waals surface area contributed by atoms with Crippen molar-refractivity contribution in [3.05, 3.63) is 147 Å². The Labute approximate surface area is 262 Å². The van der Waals surface area contributed by atoms with Crippen molar-refractivity contribution >= 4 is 53.7 Å². The zero-order valence-corrected chi connectivity index (χ0v) is 26.5. The average Bonchev–Trinajstić information content (AvgIpc) is 3.45. The van der Waals surface area contributed by atoms with Gasteiger partial charge in [-0.3, -0.25) is 0 Å². The summed E-state index contributed by atoms with van der Waals surface area (Å²) in [4.78, 5) is 0. The van der Waals surface area contributed by atoms with E-state index in [0.29, 0.717) is 0 Å². The average molecular weight is 669 g/mol. The highest BCUT2D eigenvalue weighted by Gasteiger charge is 2.35. The van der Waals surface area contributed by atoms with Crippen LogP contribution >= 0.6 is 31.9 Å². The molecule has 42 heavy (non-hydrogen) atoms. The molecule has 0 fully saturated rings. The molecule has 1 aliphatic carbocycles. The van der Waals surface area contributed by atoms with E-state index in [9.17, 15) is 0 Å². The molecule has 7 aromatic rings. The largest absolute Gasteiger partial charge is 0.309 e. The van der Waals surface area contributed by atoms with Crippen molar-refractivity contribution < 1.29 is 0 Å². The second-order valence-electron chi connectivity index (χ2n) is 11.7. The Morgan fingerprint density at radius 3 is 1.71 bits per heavy atom. The molecule has 0 aliphatic heterocycles. The molecule has 0 amide bonds. The van der Waals surface area contributed by atoms with Crippen molar-refractivity contribution in [3.8, 4) is 39.1 Å². The first kappa shape index (κ1) is 25.8. The number of nitrogens with zero attached hydrogens (tertiary/aromatic N) is 1.